The standard InChI is InChI=1S/C26H29F2NO3/c27-22(28)15-17-8-10-20(11-9-17)23(19-5-1-2-6-19)24(30)29-21-7-3-4-18(14-21)16-26(12-13-26)25(31)32/h3-4,7-11,14,19,22-23H,1-2,5-6,12-13,15-16H2,(H,29,30)(H,31,32). The number of hydrogen-bond donors (Lipinski definition) is 2. The van der Waals surface area contributed by atoms with E-state index in [4.69, 9.17) is 0 Å². The van der Waals surface area contributed by atoms with Crippen molar-refractivity contribution < 1.29 is 23.5 Å². The number of benzene rings is 2. The van der Waals surface area contributed by atoms with Crippen LogP contribution in [0.1, 0.15) is 61.1 Å². The molecule has 4 rings (SSSR count). The van der Waals surface area contributed by atoms with E-state index in [9.17, 15) is 23.5 Å². The maximum atomic E-state index is 13.4. The van der Waals surface area contributed by atoms with Crippen molar-refractivity contribution in [2.75, 3.05) is 5.32 Å². The zero-order valence-electron chi connectivity index (χ0n) is 18.0. The quantitative estimate of drug-likeness (QED) is 0.516. The summed E-state index contributed by atoms with van der Waals surface area (Å²) in [6.07, 6.45) is 3.27. The Morgan fingerprint density at radius 3 is 2.31 bits per heavy atom. The SMILES string of the molecule is O=C(Nc1cccc(CC2(C(=O)O)CC2)c1)C(c1ccc(CC(F)F)cc1)C1CCCC1. The Hall–Kier alpha value is -2.76. The van der Waals surface area contributed by atoms with E-state index in [1.165, 1.54) is 0 Å². The summed E-state index contributed by atoms with van der Waals surface area (Å²) in [5.41, 5.74) is 2.32. The summed E-state index contributed by atoms with van der Waals surface area (Å²) >= 11 is 0. The molecule has 0 saturated heterocycles. The van der Waals surface area contributed by atoms with Gasteiger partial charge in [-0.1, -0.05) is 49.2 Å². The number of nitrogens with one attached hydrogen (secondary N) is 1. The van der Waals surface area contributed by atoms with Crippen LogP contribution in [0.15, 0.2) is 48.5 Å². The molecule has 0 bridgehead atoms. The summed E-state index contributed by atoms with van der Waals surface area (Å²) in [7, 11) is 0. The molecule has 0 radical (unpaired) electrons. The van der Waals surface area contributed by atoms with Gasteiger partial charge in [-0.3, -0.25) is 9.59 Å². The molecule has 2 fully saturated rings. The Balaban J connectivity index is 1.51. The van der Waals surface area contributed by atoms with E-state index in [-0.39, 0.29) is 24.2 Å². The Morgan fingerprint density at radius 2 is 1.72 bits per heavy atom. The molecular formula is C26H29F2NO3. The predicted molar refractivity (Wildman–Crippen MR) is 119 cm³/mol. The summed E-state index contributed by atoms with van der Waals surface area (Å²) in [4.78, 5) is 24.9. The average molecular weight is 442 g/mol. The Morgan fingerprint density at radius 1 is 1.03 bits per heavy atom. The van der Waals surface area contributed by atoms with Crippen molar-refractivity contribution in [3.05, 3.63) is 65.2 Å². The van der Waals surface area contributed by atoms with Crippen molar-refractivity contribution in [2.24, 2.45) is 11.3 Å². The number of alkyl halides is 2. The molecule has 0 heterocycles. The average Bonchev–Trinajstić information content (AvgIpc) is 3.34. The number of halogens is 2. The molecule has 1 atom stereocenters. The fourth-order valence-corrected chi connectivity index (χ4v) is 4.95. The number of carbonyl (C=O) groups excluding carboxylic acids is 1. The van der Waals surface area contributed by atoms with Gasteiger partial charge in [-0.2, -0.15) is 0 Å². The second kappa shape index (κ2) is 9.39. The van der Waals surface area contributed by atoms with Crippen LogP contribution in [-0.4, -0.2) is 23.4 Å². The van der Waals surface area contributed by atoms with E-state index in [0.717, 1.165) is 36.8 Å². The highest BCUT2D eigenvalue weighted by Crippen LogP contribution is 2.48. The summed E-state index contributed by atoms with van der Waals surface area (Å²) in [5, 5.41) is 12.5. The molecule has 0 aromatic heterocycles. The number of aliphatic carboxylic acids is 1. The third-order valence-electron chi connectivity index (χ3n) is 6.93. The third kappa shape index (κ3) is 5.17. The second-order valence-electron chi connectivity index (χ2n) is 9.31. The van der Waals surface area contributed by atoms with Crippen molar-refractivity contribution in [2.45, 2.75) is 63.7 Å². The predicted octanol–water partition coefficient (Wildman–Crippen LogP) is 5.81. The number of anilines is 1. The van der Waals surface area contributed by atoms with Gasteiger partial charge in [-0.05, 0) is 66.8 Å². The molecule has 4 nitrogen and oxygen atoms in total. The van der Waals surface area contributed by atoms with Gasteiger partial charge in [0.2, 0.25) is 12.3 Å². The highest BCUT2D eigenvalue weighted by molar-refractivity contribution is 5.96. The van der Waals surface area contributed by atoms with Crippen molar-refractivity contribution in [1.82, 2.24) is 0 Å². The Kier molecular flexibility index (Phi) is 6.58. The van der Waals surface area contributed by atoms with Crippen LogP contribution in [0.3, 0.4) is 0 Å². The van der Waals surface area contributed by atoms with Crippen molar-refractivity contribution in [1.29, 1.82) is 0 Å². The zero-order valence-corrected chi connectivity index (χ0v) is 18.0. The number of carboxylic acids is 1. The first-order valence-electron chi connectivity index (χ1n) is 11.4. The van der Waals surface area contributed by atoms with E-state index in [1.54, 1.807) is 24.3 Å². The molecule has 170 valence electrons. The largest absolute Gasteiger partial charge is 0.481 e. The second-order valence-corrected chi connectivity index (χ2v) is 9.31. The van der Waals surface area contributed by atoms with Gasteiger partial charge in [-0.15, -0.1) is 0 Å². The first-order chi connectivity index (χ1) is 15.4. The van der Waals surface area contributed by atoms with Gasteiger partial charge in [0.15, 0.2) is 0 Å². The van der Waals surface area contributed by atoms with Crippen LogP contribution >= 0.6 is 0 Å². The highest BCUT2D eigenvalue weighted by atomic mass is 19.3. The fraction of sp³-hybridized carbons (Fsp3) is 0.462. The lowest BCUT2D eigenvalue weighted by Gasteiger charge is -2.24. The number of carbonyl (C=O) groups is 2. The highest BCUT2D eigenvalue weighted by Gasteiger charge is 2.49. The van der Waals surface area contributed by atoms with E-state index >= 15 is 0 Å². The molecule has 2 N–H and O–H groups in total. The van der Waals surface area contributed by atoms with Gasteiger partial charge in [0, 0.05) is 12.1 Å². The van der Waals surface area contributed by atoms with Crippen molar-refractivity contribution in [3.63, 3.8) is 0 Å². The zero-order chi connectivity index (χ0) is 22.7. The van der Waals surface area contributed by atoms with Crippen molar-refractivity contribution >= 4 is 17.6 Å². The molecule has 2 aliphatic rings. The summed E-state index contributed by atoms with van der Waals surface area (Å²) in [6.45, 7) is 0. The molecular weight excluding hydrogens is 412 g/mol. The first kappa shape index (κ1) is 22.4. The van der Waals surface area contributed by atoms with Crippen LogP contribution in [0, 0.1) is 11.3 Å². The first-order valence-corrected chi connectivity index (χ1v) is 11.4. The molecule has 32 heavy (non-hydrogen) atoms. The third-order valence-corrected chi connectivity index (χ3v) is 6.93. The monoisotopic (exact) mass is 441 g/mol. The van der Waals surface area contributed by atoms with E-state index in [2.05, 4.69) is 5.32 Å². The molecule has 2 aliphatic carbocycles. The molecule has 2 saturated carbocycles. The number of amides is 1. The van der Waals surface area contributed by atoms with Gasteiger partial charge in [0.1, 0.15) is 0 Å². The van der Waals surface area contributed by atoms with Crippen LogP contribution in [0.25, 0.3) is 0 Å². The van der Waals surface area contributed by atoms with Gasteiger partial charge < -0.3 is 10.4 Å². The minimum atomic E-state index is -2.39. The molecule has 2 aromatic rings. The molecule has 0 spiro atoms. The van der Waals surface area contributed by atoms with Gasteiger partial charge in [0.05, 0.1) is 11.3 Å². The Labute approximate surface area is 187 Å². The van der Waals surface area contributed by atoms with E-state index in [1.807, 2.05) is 24.3 Å². The van der Waals surface area contributed by atoms with Gasteiger partial charge in [-0.25, -0.2) is 8.78 Å². The lowest BCUT2D eigenvalue weighted by Crippen LogP contribution is -2.26. The van der Waals surface area contributed by atoms with E-state index in [0.29, 0.717) is 30.5 Å². The van der Waals surface area contributed by atoms with Crippen LogP contribution in [0.2, 0.25) is 0 Å². The smallest absolute Gasteiger partial charge is 0.309 e. The Bertz CT molecular complexity index is 963. The summed E-state index contributed by atoms with van der Waals surface area (Å²) in [5.74, 6) is -0.977. The maximum absolute atomic E-state index is 13.4. The number of carboxylic acid groups (broad SMARTS) is 1. The maximum Gasteiger partial charge on any atom is 0.309 e. The minimum Gasteiger partial charge on any atom is -0.481 e. The molecule has 1 unspecified atom stereocenters. The molecule has 2 aromatic carbocycles. The van der Waals surface area contributed by atoms with Crippen LogP contribution in [-0.2, 0) is 22.4 Å². The summed E-state index contributed by atoms with van der Waals surface area (Å²) in [6, 6.07) is 14.4. The van der Waals surface area contributed by atoms with Gasteiger partial charge >= 0.3 is 5.97 Å². The number of hydrogen-bond acceptors (Lipinski definition) is 2. The van der Waals surface area contributed by atoms with Crippen LogP contribution < -0.4 is 5.32 Å². The lowest BCUT2D eigenvalue weighted by atomic mass is 9.83. The number of rotatable bonds is 9. The minimum absolute atomic E-state index is 0.102. The topological polar surface area (TPSA) is 66.4 Å². The lowest BCUT2D eigenvalue weighted by molar-refractivity contribution is -0.143. The van der Waals surface area contributed by atoms with Crippen LogP contribution in [0.4, 0.5) is 14.5 Å². The van der Waals surface area contributed by atoms with Crippen molar-refractivity contribution in [3.8, 4) is 0 Å². The normalized spacial score (nSPS) is 18.5. The molecule has 0 aliphatic heterocycles. The van der Waals surface area contributed by atoms with E-state index < -0.39 is 17.8 Å². The summed E-state index contributed by atoms with van der Waals surface area (Å²) < 4.78 is 25.4. The fourth-order valence-electron chi connectivity index (χ4n) is 4.95. The molecule has 6 heteroatoms. The van der Waals surface area contributed by atoms with Gasteiger partial charge in [0.25, 0.3) is 0 Å². The molecule has 1 amide bonds. The van der Waals surface area contributed by atoms with Crippen LogP contribution in [0.5, 0.6) is 0 Å².